The van der Waals surface area contributed by atoms with Crippen LogP contribution in [0.1, 0.15) is 31.2 Å². The summed E-state index contributed by atoms with van der Waals surface area (Å²) in [6, 6.07) is 9.73. The minimum Gasteiger partial charge on any atom is -0.371 e. The smallest absolute Gasteiger partial charge is 0.134 e. The van der Waals surface area contributed by atoms with Gasteiger partial charge in [0.05, 0.1) is 0 Å². The Morgan fingerprint density at radius 1 is 0.966 bits per heavy atom. The summed E-state index contributed by atoms with van der Waals surface area (Å²) in [6.07, 6.45) is 8.32. The van der Waals surface area contributed by atoms with Crippen molar-refractivity contribution in [3.8, 4) is 0 Å². The zero-order valence-electron chi connectivity index (χ0n) is 16.9. The van der Waals surface area contributed by atoms with Gasteiger partial charge in [-0.1, -0.05) is 6.07 Å². The largest absolute Gasteiger partial charge is 0.371 e. The Balaban J connectivity index is 1.24. The van der Waals surface area contributed by atoms with E-state index in [-0.39, 0.29) is 5.82 Å². The van der Waals surface area contributed by atoms with Gasteiger partial charge in [-0.3, -0.25) is 0 Å². The average Bonchev–Trinajstić information content (AvgIpc) is 3.18. The topological polar surface area (TPSA) is 22.6 Å². The van der Waals surface area contributed by atoms with Crippen LogP contribution in [0.25, 0.3) is 0 Å². The van der Waals surface area contributed by atoms with Crippen molar-refractivity contribution in [2.24, 2.45) is 11.8 Å². The van der Waals surface area contributed by atoms with E-state index in [9.17, 15) is 4.39 Å². The molecule has 5 heteroatoms. The number of anilines is 3. The minimum atomic E-state index is -0.151. The highest BCUT2D eigenvalue weighted by atomic mass is 19.1. The molecule has 7 rings (SSSR count). The van der Waals surface area contributed by atoms with Crippen molar-refractivity contribution in [3.05, 3.63) is 47.9 Å². The molecule has 1 atom stereocenters. The van der Waals surface area contributed by atoms with E-state index in [4.69, 9.17) is 4.98 Å². The maximum Gasteiger partial charge on any atom is 0.134 e. The Morgan fingerprint density at radius 3 is 2.66 bits per heavy atom. The maximum atomic E-state index is 13.7. The summed E-state index contributed by atoms with van der Waals surface area (Å²) in [5.74, 6) is 2.87. The lowest BCUT2D eigenvalue weighted by Gasteiger charge is -2.48. The molecular weight excluding hydrogens is 363 g/mol. The minimum absolute atomic E-state index is 0.151. The van der Waals surface area contributed by atoms with Crippen LogP contribution < -0.4 is 14.7 Å². The van der Waals surface area contributed by atoms with E-state index in [2.05, 4.69) is 20.8 Å². The summed E-state index contributed by atoms with van der Waals surface area (Å²) in [6.45, 7) is 5.46. The van der Waals surface area contributed by atoms with E-state index in [1.165, 1.54) is 55.5 Å². The quantitative estimate of drug-likeness (QED) is 0.784. The third-order valence-corrected chi connectivity index (χ3v) is 7.52. The molecule has 1 aromatic heterocycles. The molecule has 2 bridgehead atoms. The molecule has 1 aliphatic carbocycles. The highest BCUT2D eigenvalue weighted by Gasteiger charge is 2.39. The van der Waals surface area contributed by atoms with E-state index in [1.807, 2.05) is 18.3 Å². The molecule has 152 valence electrons. The van der Waals surface area contributed by atoms with E-state index in [1.54, 1.807) is 6.07 Å². The number of hydrogen-bond acceptors (Lipinski definition) is 4. The Morgan fingerprint density at radius 2 is 1.83 bits per heavy atom. The number of piperidine rings is 3. The van der Waals surface area contributed by atoms with Crippen LogP contribution in [-0.2, 0) is 6.42 Å². The van der Waals surface area contributed by atoms with Gasteiger partial charge in [0.2, 0.25) is 0 Å². The molecule has 1 aromatic carbocycles. The van der Waals surface area contributed by atoms with Gasteiger partial charge in [-0.25, -0.2) is 9.37 Å². The van der Waals surface area contributed by atoms with Crippen molar-refractivity contribution >= 4 is 17.2 Å². The highest BCUT2D eigenvalue weighted by molar-refractivity contribution is 5.68. The van der Waals surface area contributed by atoms with Crippen molar-refractivity contribution in [3.63, 3.8) is 0 Å². The number of pyridine rings is 1. The maximum absolute atomic E-state index is 13.7. The molecule has 2 aromatic rings. The fraction of sp³-hybridized carbons (Fsp3) is 0.542. The van der Waals surface area contributed by atoms with Gasteiger partial charge in [-0.15, -0.1) is 0 Å². The first kappa shape index (κ1) is 17.5. The normalized spacial score (nSPS) is 28.3. The SMILES string of the molecule is Fc1cccc(N2CCCC(N3CCc4c(N5CC6CC(C6)C5)ccnc43)C2)c1. The van der Waals surface area contributed by atoms with Gasteiger partial charge in [-0.2, -0.15) is 0 Å². The predicted octanol–water partition coefficient (Wildman–Crippen LogP) is 4.10. The second-order valence-electron chi connectivity index (χ2n) is 9.41. The molecule has 5 aliphatic rings. The van der Waals surface area contributed by atoms with Crippen molar-refractivity contribution in [2.45, 2.75) is 38.1 Å². The van der Waals surface area contributed by atoms with Crippen LogP contribution in [0.5, 0.6) is 0 Å². The Bertz CT molecular complexity index is 900. The lowest BCUT2D eigenvalue weighted by molar-refractivity contribution is 0.159. The summed E-state index contributed by atoms with van der Waals surface area (Å²) < 4.78 is 13.7. The van der Waals surface area contributed by atoms with Crippen LogP contribution in [0, 0.1) is 17.7 Å². The van der Waals surface area contributed by atoms with Crippen LogP contribution in [0.3, 0.4) is 0 Å². The van der Waals surface area contributed by atoms with Gasteiger partial charge in [0.1, 0.15) is 11.6 Å². The molecule has 29 heavy (non-hydrogen) atoms. The molecule has 0 spiro atoms. The van der Waals surface area contributed by atoms with Gasteiger partial charge in [0, 0.05) is 61.9 Å². The molecule has 3 saturated heterocycles. The first-order valence-electron chi connectivity index (χ1n) is 11.2. The molecule has 5 heterocycles. The Labute approximate surface area is 172 Å². The van der Waals surface area contributed by atoms with Crippen molar-refractivity contribution in [1.29, 1.82) is 0 Å². The van der Waals surface area contributed by atoms with Gasteiger partial charge in [0.15, 0.2) is 0 Å². The summed E-state index contributed by atoms with van der Waals surface area (Å²) in [5, 5.41) is 0. The zero-order chi connectivity index (χ0) is 19.4. The lowest BCUT2D eigenvalue weighted by Crippen LogP contribution is -2.49. The van der Waals surface area contributed by atoms with Crippen LogP contribution in [0.15, 0.2) is 36.5 Å². The van der Waals surface area contributed by atoms with Crippen molar-refractivity contribution in [2.75, 3.05) is 47.4 Å². The molecular formula is C24H29FN4. The van der Waals surface area contributed by atoms with Gasteiger partial charge in [-0.05, 0) is 68.2 Å². The average molecular weight is 393 g/mol. The summed E-state index contributed by atoms with van der Waals surface area (Å²) in [7, 11) is 0. The Kier molecular flexibility index (Phi) is 4.17. The molecule has 1 unspecified atom stereocenters. The fourth-order valence-electron chi connectivity index (χ4n) is 6.13. The van der Waals surface area contributed by atoms with Crippen LogP contribution in [0.4, 0.5) is 21.6 Å². The molecule has 4 fully saturated rings. The first-order chi connectivity index (χ1) is 14.2. The first-order valence-corrected chi connectivity index (χ1v) is 11.2. The van der Waals surface area contributed by atoms with Crippen LogP contribution in [0.2, 0.25) is 0 Å². The third kappa shape index (κ3) is 3.06. The number of hydrogen-bond donors (Lipinski definition) is 0. The van der Waals surface area contributed by atoms with E-state index in [0.717, 1.165) is 50.0 Å². The Hall–Kier alpha value is -2.30. The molecule has 0 amide bonds. The second kappa shape index (κ2) is 6.89. The van der Waals surface area contributed by atoms with E-state index in [0.29, 0.717) is 6.04 Å². The lowest BCUT2D eigenvalue weighted by atomic mass is 9.71. The number of rotatable bonds is 3. The van der Waals surface area contributed by atoms with Gasteiger partial charge < -0.3 is 14.7 Å². The summed E-state index contributed by atoms with van der Waals surface area (Å²) in [4.78, 5) is 12.3. The second-order valence-corrected chi connectivity index (χ2v) is 9.41. The monoisotopic (exact) mass is 392 g/mol. The number of halogens is 1. The fourth-order valence-corrected chi connectivity index (χ4v) is 6.13. The third-order valence-electron chi connectivity index (χ3n) is 7.52. The molecule has 0 N–H and O–H groups in total. The summed E-state index contributed by atoms with van der Waals surface area (Å²) >= 11 is 0. The molecule has 1 saturated carbocycles. The van der Waals surface area contributed by atoms with Crippen LogP contribution in [-0.4, -0.2) is 43.7 Å². The number of aromatic nitrogens is 1. The predicted molar refractivity (Wildman–Crippen MR) is 115 cm³/mol. The van der Waals surface area contributed by atoms with Crippen LogP contribution >= 0.6 is 0 Å². The van der Waals surface area contributed by atoms with Crippen molar-refractivity contribution in [1.82, 2.24) is 4.98 Å². The van der Waals surface area contributed by atoms with Crippen molar-refractivity contribution < 1.29 is 4.39 Å². The number of fused-ring (bicyclic) bond motifs is 3. The zero-order valence-corrected chi connectivity index (χ0v) is 16.9. The standard InChI is InChI=1S/C24H29FN4/c25-19-3-1-4-20(13-19)27-9-2-5-21(16-27)29-10-7-22-23(6-8-26-24(22)29)28-14-17-11-18(12-17)15-28/h1,3-4,6,8,13,17-18,21H,2,5,7,9-12,14-16H2. The van der Waals surface area contributed by atoms with Gasteiger partial charge >= 0.3 is 0 Å². The van der Waals surface area contributed by atoms with E-state index < -0.39 is 0 Å². The number of benzene rings is 1. The molecule has 0 radical (unpaired) electrons. The van der Waals surface area contributed by atoms with E-state index >= 15 is 0 Å². The van der Waals surface area contributed by atoms with Gasteiger partial charge in [0.25, 0.3) is 0 Å². The molecule has 4 aliphatic heterocycles. The number of nitrogens with zero attached hydrogens (tertiary/aromatic N) is 4. The summed E-state index contributed by atoms with van der Waals surface area (Å²) in [5.41, 5.74) is 3.89. The highest BCUT2D eigenvalue weighted by Crippen LogP contribution is 2.44. The molecule has 4 nitrogen and oxygen atoms in total.